The van der Waals surface area contributed by atoms with Crippen molar-refractivity contribution in [1.29, 1.82) is 0 Å². The second-order valence-electron chi connectivity index (χ2n) is 14.7. The minimum absolute atomic E-state index is 0.0657. The van der Waals surface area contributed by atoms with E-state index in [0.29, 0.717) is 22.1 Å². The van der Waals surface area contributed by atoms with E-state index in [0.717, 1.165) is 97.5 Å². The predicted molar refractivity (Wildman–Crippen MR) is 215 cm³/mol. The van der Waals surface area contributed by atoms with Crippen LogP contribution in [-0.2, 0) is 0 Å². The van der Waals surface area contributed by atoms with Gasteiger partial charge in [0, 0.05) is 32.3 Å². The molecule has 13 aromatic rings. The Bertz CT molecular complexity index is 3650. The molecule has 0 atom stereocenters. The number of aromatic nitrogens is 4. The van der Waals surface area contributed by atoms with Crippen molar-refractivity contribution in [2.24, 2.45) is 0 Å². The van der Waals surface area contributed by atoms with E-state index in [1.54, 1.807) is 8.80 Å². The molecule has 0 radical (unpaired) electrons. The zero-order chi connectivity index (χ0) is 34.3. The van der Waals surface area contributed by atoms with E-state index >= 15 is 0 Å². The third-order valence-electron chi connectivity index (χ3n) is 11.8. The Morgan fingerprint density at radius 2 is 0.750 bits per heavy atom. The summed E-state index contributed by atoms with van der Waals surface area (Å²) in [6.45, 7) is 4.17. The molecule has 0 aliphatic heterocycles. The summed E-state index contributed by atoms with van der Waals surface area (Å²) in [5, 5.41) is 15.8. The van der Waals surface area contributed by atoms with E-state index in [1.807, 2.05) is 12.1 Å². The highest BCUT2D eigenvalue weighted by atomic mass is 16.1. The van der Waals surface area contributed by atoms with Gasteiger partial charge in [0.1, 0.15) is 11.3 Å². The molecule has 4 heterocycles. The molecule has 0 N–H and O–H groups in total. The summed E-state index contributed by atoms with van der Waals surface area (Å²) in [5.41, 5.74) is 6.82. The van der Waals surface area contributed by atoms with E-state index in [1.165, 1.54) is 11.1 Å². The Morgan fingerprint density at radius 1 is 0.385 bits per heavy atom. The Morgan fingerprint density at radius 3 is 1.17 bits per heavy atom. The first kappa shape index (κ1) is 26.9. The average molecular weight is 665 g/mol. The number of hydrogen-bond donors (Lipinski definition) is 0. The molecule has 0 fully saturated rings. The van der Waals surface area contributed by atoms with Gasteiger partial charge in [0.05, 0.1) is 22.1 Å². The lowest BCUT2D eigenvalue weighted by atomic mass is 9.86. The maximum Gasteiger partial charge on any atom is 0.264 e. The number of rotatable bonds is 0. The molecule has 0 saturated heterocycles. The number of fused-ring (bicyclic) bond motifs is 12. The van der Waals surface area contributed by atoms with Crippen LogP contribution in [0, 0.1) is 13.8 Å². The lowest BCUT2D eigenvalue weighted by Crippen LogP contribution is -2.14. The fourth-order valence-electron chi connectivity index (χ4n) is 9.51. The molecule has 0 aliphatic rings. The Hall–Kier alpha value is -6.92. The fourth-order valence-corrected chi connectivity index (χ4v) is 9.51. The van der Waals surface area contributed by atoms with Gasteiger partial charge in [-0.05, 0) is 116 Å². The standard InChI is InChI=1S/C46H24N4O2/c1-21-3-5-23-17-35-37(19-25(23)15-21)49-43(47-35)31-11-7-27-30-10-14-34-42-32(12-8-28(40(30)42)29-9-13-33(45(49)51)41(31)39(27)29)44-48-36-18-24-6-4-22(2)16-26(24)20-38(36)50(44)46(34)52/h3-20H,1-2H3. The number of aryl methyl sites for hydroxylation is 2. The van der Waals surface area contributed by atoms with Crippen molar-refractivity contribution in [3.8, 4) is 0 Å². The first-order valence-electron chi connectivity index (χ1n) is 17.6. The third-order valence-corrected chi connectivity index (χ3v) is 11.8. The number of imidazole rings is 2. The van der Waals surface area contributed by atoms with Crippen LogP contribution in [0.15, 0.2) is 119 Å². The highest BCUT2D eigenvalue weighted by Crippen LogP contribution is 2.46. The average Bonchev–Trinajstić information content (AvgIpc) is 3.72. The summed E-state index contributed by atoms with van der Waals surface area (Å²) >= 11 is 0. The van der Waals surface area contributed by atoms with Crippen molar-refractivity contribution in [1.82, 2.24) is 18.8 Å². The molecule has 6 nitrogen and oxygen atoms in total. The van der Waals surface area contributed by atoms with Crippen molar-refractivity contribution in [3.63, 3.8) is 0 Å². The van der Waals surface area contributed by atoms with E-state index < -0.39 is 0 Å². The number of nitrogens with zero attached hydrogens (tertiary/aromatic N) is 4. The van der Waals surface area contributed by atoms with Gasteiger partial charge in [-0.3, -0.25) is 18.4 Å². The molecule has 6 heteroatoms. The Kier molecular flexibility index (Phi) is 4.49. The van der Waals surface area contributed by atoms with Crippen molar-refractivity contribution in [3.05, 3.63) is 141 Å². The normalized spacial score (nSPS) is 13.0. The van der Waals surface area contributed by atoms with Gasteiger partial charge >= 0.3 is 0 Å². The Labute approximate surface area is 292 Å². The first-order valence-corrected chi connectivity index (χ1v) is 17.6. The largest absolute Gasteiger partial charge is 0.268 e. The van der Waals surface area contributed by atoms with E-state index in [-0.39, 0.29) is 11.1 Å². The summed E-state index contributed by atoms with van der Waals surface area (Å²) in [6, 6.07) is 37.8. The zero-order valence-corrected chi connectivity index (χ0v) is 28.0. The minimum atomic E-state index is -0.0657. The van der Waals surface area contributed by atoms with Gasteiger partial charge in [-0.15, -0.1) is 0 Å². The maximum atomic E-state index is 14.5. The topological polar surface area (TPSA) is 68.7 Å². The van der Waals surface area contributed by atoms with E-state index in [4.69, 9.17) is 9.97 Å². The van der Waals surface area contributed by atoms with Gasteiger partial charge in [0.2, 0.25) is 0 Å². The van der Waals surface area contributed by atoms with Gasteiger partial charge in [-0.1, -0.05) is 71.8 Å². The van der Waals surface area contributed by atoms with Crippen LogP contribution in [0.5, 0.6) is 0 Å². The van der Waals surface area contributed by atoms with Crippen LogP contribution in [0.25, 0.3) is 120 Å². The van der Waals surface area contributed by atoms with Gasteiger partial charge in [-0.2, -0.15) is 0 Å². The van der Waals surface area contributed by atoms with Crippen LogP contribution in [0.1, 0.15) is 11.1 Å². The molecular weight excluding hydrogens is 641 g/mol. The fraction of sp³-hybridized carbons (Fsp3) is 0.0435. The molecule has 52 heavy (non-hydrogen) atoms. The van der Waals surface area contributed by atoms with Gasteiger partial charge in [0.15, 0.2) is 0 Å². The van der Waals surface area contributed by atoms with E-state index in [2.05, 4.69) is 111 Å². The lowest BCUT2D eigenvalue weighted by Gasteiger charge is -2.18. The molecule has 0 bridgehead atoms. The molecule has 9 aromatic carbocycles. The molecule has 0 saturated carbocycles. The lowest BCUT2D eigenvalue weighted by molar-refractivity contribution is 1.19. The highest BCUT2D eigenvalue weighted by Gasteiger charge is 2.24. The summed E-state index contributed by atoms with van der Waals surface area (Å²) in [5.74, 6) is 0. The summed E-state index contributed by atoms with van der Waals surface area (Å²) in [4.78, 5) is 39.1. The zero-order valence-electron chi connectivity index (χ0n) is 28.0. The van der Waals surface area contributed by atoms with E-state index in [9.17, 15) is 9.59 Å². The van der Waals surface area contributed by atoms with Crippen molar-refractivity contribution >= 4 is 120 Å². The van der Waals surface area contributed by atoms with Gasteiger partial charge in [-0.25, -0.2) is 9.97 Å². The smallest absolute Gasteiger partial charge is 0.264 e. The van der Waals surface area contributed by atoms with Crippen LogP contribution in [0.3, 0.4) is 0 Å². The second kappa shape index (κ2) is 8.68. The van der Waals surface area contributed by atoms with Crippen molar-refractivity contribution < 1.29 is 0 Å². The van der Waals surface area contributed by atoms with Crippen molar-refractivity contribution in [2.75, 3.05) is 0 Å². The monoisotopic (exact) mass is 664 g/mol. The molecule has 0 amide bonds. The minimum Gasteiger partial charge on any atom is -0.268 e. The van der Waals surface area contributed by atoms with Crippen LogP contribution < -0.4 is 11.1 Å². The SMILES string of the molecule is Cc1ccc2cc3nc4c5ccc6c7ccc8c(=O)n9c%10cc%11cc(C)ccc%11cc%10nc9c9ccc(c%10ccc(c(=O)n4c3cc2c1)c5c%106)c7c89. The van der Waals surface area contributed by atoms with Crippen LogP contribution in [0.4, 0.5) is 0 Å². The maximum absolute atomic E-state index is 14.5. The number of hydrogen-bond acceptors (Lipinski definition) is 4. The molecule has 13 rings (SSSR count). The Balaban J connectivity index is 1.18. The van der Waals surface area contributed by atoms with Crippen LogP contribution >= 0.6 is 0 Å². The van der Waals surface area contributed by atoms with Gasteiger partial charge < -0.3 is 0 Å². The van der Waals surface area contributed by atoms with Crippen LogP contribution in [0.2, 0.25) is 0 Å². The third kappa shape index (κ3) is 3.01. The van der Waals surface area contributed by atoms with Crippen LogP contribution in [-0.4, -0.2) is 18.8 Å². The predicted octanol–water partition coefficient (Wildman–Crippen LogP) is 10.2. The molecule has 0 unspecified atom stereocenters. The van der Waals surface area contributed by atoms with Crippen molar-refractivity contribution in [2.45, 2.75) is 13.8 Å². The molecule has 0 aliphatic carbocycles. The quantitative estimate of drug-likeness (QED) is 0.120. The highest BCUT2D eigenvalue weighted by molar-refractivity contribution is 6.40. The molecule has 0 spiro atoms. The van der Waals surface area contributed by atoms with Gasteiger partial charge in [0.25, 0.3) is 11.1 Å². The second-order valence-corrected chi connectivity index (χ2v) is 14.7. The summed E-state index contributed by atoms with van der Waals surface area (Å²) in [7, 11) is 0. The summed E-state index contributed by atoms with van der Waals surface area (Å²) in [6.07, 6.45) is 0. The molecule has 240 valence electrons. The first-order chi connectivity index (χ1) is 25.4. The number of pyridine rings is 2. The summed E-state index contributed by atoms with van der Waals surface area (Å²) < 4.78 is 3.58. The molecule has 4 aromatic heterocycles. The number of benzene rings is 9. The molecular formula is C46H24N4O2.